The highest BCUT2D eigenvalue weighted by atomic mass is 16.1. The number of rotatable bonds is 5. The van der Waals surface area contributed by atoms with Gasteiger partial charge in [0.15, 0.2) is 0 Å². The molecule has 0 radical (unpaired) electrons. The van der Waals surface area contributed by atoms with Crippen molar-refractivity contribution >= 4 is 5.91 Å². The van der Waals surface area contributed by atoms with Gasteiger partial charge in [-0.2, -0.15) is 5.10 Å². The third-order valence-electron chi connectivity index (χ3n) is 4.81. The fourth-order valence-electron chi connectivity index (χ4n) is 3.43. The topological polar surface area (TPSA) is 69.8 Å². The Labute approximate surface area is 136 Å². The molecule has 1 aromatic carbocycles. The number of nitrogens with zero attached hydrogens (tertiary/aromatic N) is 1. The predicted octanol–water partition coefficient (Wildman–Crippen LogP) is 2.31. The number of carbonyl (C=O) groups excluding carboxylic acids is 1. The molecule has 0 spiro atoms. The van der Waals surface area contributed by atoms with Gasteiger partial charge in [-0.1, -0.05) is 37.3 Å². The van der Waals surface area contributed by atoms with Gasteiger partial charge in [0.25, 0.3) is 5.91 Å². The zero-order valence-corrected chi connectivity index (χ0v) is 13.5. The first kappa shape index (κ1) is 15.7. The number of hydrogen-bond donors (Lipinski definition) is 3. The van der Waals surface area contributed by atoms with E-state index in [1.54, 1.807) is 12.4 Å². The second-order valence-corrected chi connectivity index (χ2v) is 6.27. The third-order valence-corrected chi connectivity index (χ3v) is 4.81. The Morgan fingerprint density at radius 1 is 1.26 bits per heavy atom. The van der Waals surface area contributed by atoms with E-state index in [-0.39, 0.29) is 17.9 Å². The summed E-state index contributed by atoms with van der Waals surface area (Å²) >= 11 is 0. The molecule has 0 saturated carbocycles. The summed E-state index contributed by atoms with van der Waals surface area (Å²) in [5.74, 6) is 0.711. The lowest BCUT2D eigenvalue weighted by atomic mass is 9.80. The molecule has 0 aliphatic carbocycles. The molecule has 1 fully saturated rings. The van der Waals surface area contributed by atoms with Gasteiger partial charge < -0.3 is 10.6 Å². The van der Waals surface area contributed by atoms with Crippen molar-refractivity contribution in [1.82, 2.24) is 20.8 Å². The van der Waals surface area contributed by atoms with Crippen LogP contribution in [0.1, 0.15) is 41.6 Å². The molecule has 23 heavy (non-hydrogen) atoms. The Balaban J connectivity index is 1.79. The van der Waals surface area contributed by atoms with Gasteiger partial charge in [-0.15, -0.1) is 0 Å². The molecule has 2 heterocycles. The van der Waals surface area contributed by atoms with Crippen molar-refractivity contribution in [1.29, 1.82) is 0 Å². The Morgan fingerprint density at radius 2 is 2.00 bits per heavy atom. The van der Waals surface area contributed by atoms with E-state index in [9.17, 15) is 4.79 Å². The molecule has 1 aliphatic rings. The summed E-state index contributed by atoms with van der Waals surface area (Å²) in [5.41, 5.74) is 1.85. The lowest BCUT2D eigenvalue weighted by molar-refractivity contribution is 0.0905. The van der Waals surface area contributed by atoms with Crippen LogP contribution < -0.4 is 10.6 Å². The van der Waals surface area contributed by atoms with Crippen LogP contribution in [-0.2, 0) is 0 Å². The number of amides is 1. The maximum absolute atomic E-state index is 12.5. The van der Waals surface area contributed by atoms with Crippen LogP contribution in [0, 0.1) is 5.92 Å². The van der Waals surface area contributed by atoms with Crippen LogP contribution in [-0.4, -0.2) is 35.2 Å². The minimum Gasteiger partial charge on any atom is -0.348 e. The molecule has 3 N–H and O–H groups in total. The van der Waals surface area contributed by atoms with Crippen molar-refractivity contribution in [2.45, 2.75) is 31.7 Å². The molecule has 2 atom stereocenters. The SMILES string of the molecule is CC(c1ccccc1)C(NC(=O)c1cn[nH]c1)C1CCNCC1. The molecule has 122 valence electrons. The molecule has 0 bridgehead atoms. The molecule has 1 aromatic heterocycles. The van der Waals surface area contributed by atoms with Gasteiger partial charge in [0.1, 0.15) is 0 Å². The summed E-state index contributed by atoms with van der Waals surface area (Å²) < 4.78 is 0. The highest BCUT2D eigenvalue weighted by molar-refractivity contribution is 5.93. The van der Waals surface area contributed by atoms with Gasteiger partial charge in [-0.25, -0.2) is 0 Å². The largest absolute Gasteiger partial charge is 0.348 e. The number of aromatic nitrogens is 2. The molecule has 1 aliphatic heterocycles. The molecular weight excluding hydrogens is 288 g/mol. The van der Waals surface area contributed by atoms with E-state index < -0.39 is 0 Å². The standard InChI is InChI=1S/C18H24N4O/c1-13(14-5-3-2-4-6-14)17(15-7-9-19-10-8-15)22-18(23)16-11-20-21-12-16/h2-6,11-13,15,17,19H,7-10H2,1H3,(H,20,21)(H,22,23). The third kappa shape index (κ3) is 3.79. The average molecular weight is 312 g/mol. The van der Waals surface area contributed by atoms with Crippen LogP contribution in [0.2, 0.25) is 0 Å². The van der Waals surface area contributed by atoms with E-state index in [4.69, 9.17) is 0 Å². The van der Waals surface area contributed by atoms with E-state index in [1.807, 2.05) is 6.07 Å². The fourth-order valence-corrected chi connectivity index (χ4v) is 3.43. The molecule has 5 nitrogen and oxygen atoms in total. The van der Waals surface area contributed by atoms with Crippen LogP contribution >= 0.6 is 0 Å². The number of nitrogens with one attached hydrogen (secondary N) is 3. The normalized spacial score (nSPS) is 18.3. The molecule has 5 heteroatoms. The van der Waals surface area contributed by atoms with Crippen LogP contribution in [0.15, 0.2) is 42.7 Å². The van der Waals surface area contributed by atoms with Crippen LogP contribution in [0.4, 0.5) is 0 Å². The van der Waals surface area contributed by atoms with Gasteiger partial charge in [0.2, 0.25) is 0 Å². The maximum atomic E-state index is 12.5. The zero-order chi connectivity index (χ0) is 16.1. The van der Waals surface area contributed by atoms with E-state index in [0.29, 0.717) is 11.5 Å². The number of H-pyrrole nitrogens is 1. The maximum Gasteiger partial charge on any atom is 0.254 e. The molecule has 1 saturated heterocycles. The van der Waals surface area contributed by atoms with E-state index in [2.05, 4.69) is 52.0 Å². The van der Waals surface area contributed by atoms with Crippen LogP contribution in [0.5, 0.6) is 0 Å². The van der Waals surface area contributed by atoms with Crippen molar-refractivity contribution in [3.05, 3.63) is 53.9 Å². The summed E-state index contributed by atoms with van der Waals surface area (Å²) in [5, 5.41) is 13.2. The highest BCUT2D eigenvalue weighted by Crippen LogP contribution is 2.29. The van der Waals surface area contributed by atoms with Gasteiger partial charge in [-0.05, 0) is 37.4 Å². The quantitative estimate of drug-likeness (QED) is 0.793. The van der Waals surface area contributed by atoms with Gasteiger partial charge >= 0.3 is 0 Å². The van der Waals surface area contributed by atoms with Gasteiger partial charge in [0.05, 0.1) is 11.8 Å². The average Bonchev–Trinajstić information content (AvgIpc) is 3.15. The lowest BCUT2D eigenvalue weighted by Gasteiger charge is -2.35. The van der Waals surface area contributed by atoms with Crippen LogP contribution in [0.25, 0.3) is 0 Å². The summed E-state index contributed by atoms with van der Waals surface area (Å²) in [7, 11) is 0. The molecule has 2 unspecified atom stereocenters. The van der Waals surface area contributed by atoms with E-state index in [1.165, 1.54) is 5.56 Å². The number of piperidine rings is 1. The van der Waals surface area contributed by atoms with E-state index in [0.717, 1.165) is 25.9 Å². The Hall–Kier alpha value is -2.14. The summed E-state index contributed by atoms with van der Waals surface area (Å²) in [6.07, 6.45) is 5.39. The first-order valence-corrected chi connectivity index (χ1v) is 8.31. The summed E-state index contributed by atoms with van der Waals surface area (Å²) in [6, 6.07) is 10.6. The minimum atomic E-state index is -0.0509. The van der Waals surface area contributed by atoms with Crippen LogP contribution in [0.3, 0.4) is 0 Å². The summed E-state index contributed by atoms with van der Waals surface area (Å²) in [4.78, 5) is 12.5. The molecule has 2 aromatic rings. The van der Waals surface area contributed by atoms with Crippen molar-refractivity contribution in [3.63, 3.8) is 0 Å². The Kier molecular flexibility index (Phi) is 5.08. The smallest absolute Gasteiger partial charge is 0.254 e. The fraction of sp³-hybridized carbons (Fsp3) is 0.444. The lowest BCUT2D eigenvalue weighted by Crippen LogP contribution is -2.47. The predicted molar refractivity (Wildman–Crippen MR) is 90.3 cm³/mol. The van der Waals surface area contributed by atoms with E-state index >= 15 is 0 Å². The second kappa shape index (κ2) is 7.42. The number of benzene rings is 1. The second-order valence-electron chi connectivity index (χ2n) is 6.27. The monoisotopic (exact) mass is 312 g/mol. The van der Waals surface area contributed by atoms with Crippen molar-refractivity contribution < 1.29 is 4.79 Å². The Morgan fingerprint density at radius 3 is 2.65 bits per heavy atom. The highest BCUT2D eigenvalue weighted by Gasteiger charge is 2.30. The first-order chi connectivity index (χ1) is 11.3. The van der Waals surface area contributed by atoms with Gasteiger partial charge in [0, 0.05) is 18.2 Å². The molecule has 1 amide bonds. The first-order valence-electron chi connectivity index (χ1n) is 8.31. The summed E-state index contributed by atoms with van der Waals surface area (Å²) in [6.45, 7) is 4.24. The number of hydrogen-bond acceptors (Lipinski definition) is 3. The number of carbonyl (C=O) groups is 1. The molecular formula is C18H24N4O. The Bertz CT molecular complexity index is 605. The zero-order valence-electron chi connectivity index (χ0n) is 13.5. The van der Waals surface area contributed by atoms with Crippen molar-refractivity contribution in [2.24, 2.45) is 5.92 Å². The minimum absolute atomic E-state index is 0.0509. The van der Waals surface area contributed by atoms with Gasteiger partial charge in [-0.3, -0.25) is 9.89 Å². The van der Waals surface area contributed by atoms with Crippen molar-refractivity contribution in [3.8, 4) is 0 Å². The molecule has 3 rings (SSSR count). The van der Waals surface area contributed by atoms with Crippen molar-refractivity contribution in [2.75, 3.05) is 13.1 Å². The number of aromatic amines is 1.